The number of amides is 1. The molecule has 1 amide bonds. The van der Waals surface area contributed by atoms with Gasteiger partial charge in [-0.05, 0) is 30.3 Å². The Morgan fingerprint density at radius 2 is 1.73 bits per heavy atom. The summed E-state index contributed by atoms with van der Waals surface area (Å²) in [5.41, 5.74) is 5.40. The number of methoxy groups -OCH3 is 1. The fourth-order valence-corrected chi connectivity index (χ4v) is 2.46. The fourth-order valence-electron chi connectivity index (χ4n) is 2.14. The molecule has 3 rings (SSSR count). The van der Waals surface area contributed by atoms with E-state index in [0.717, 1.165) is 6.07 Å². The molecule has 0 aliphatic rings. The zero-order valence-electron chi connectivity index (χ0n) is 15.4. The smallest absolute Gasteiger partial charge is 0.354 e. The van der Waals surface area contributed by atoms with E-state index in [1.807, 2.05) is 0 Å². The lowest BCUT2D eigenvalue weighted by Crippen LogP contribution is -2.12. The van der Waals surface area contributed by atoms with Crippen LogP contribution in [0.4, 0.5) is 4.39 Å². The molecule has 30 heavy (non-hydrogen) atoms. The molecular weight excluding hydrogens is 438 g/mol. The summed E-state index contributed by atoms with van der Waals surface area (Å²) in [5.74, 6) is -1.73. The number of rotatable bonds is 5. The number of pyridine rings is 1. The number of hydrogen-bond donors (Lipinski definition) is 2. The molecule has 0 atom stereocenters. The number of ether oxygens (including phenoxy) is 2. The predicted molar refractivity (Wildman–Crippen MR) is 109 cm³/mol. The van der Waals surface area contributed by atoms with Gasteiger partial charge < -0.3 is 20.3 Å². The molecule has 7 nitrogen and oxygen atoms in total. The summed E-state index contributed by atoms with van der Waals surface area (Å²) in [4.78, 5) is 25.2. The zero-order valence-corrected chi connectivity index (χ0v) is 16.9. The minimum absolute atomic E-state index is 0.0516. The van der Waals surface area contributed by atoms with Crippen molar-refractivity contribution in [1.82, 2.24) is 4.98 Å². The first kappa shape index (κ1) is 22.9. The van der Waals surface area contributed by atoms with Gasteiger partial charge in [0, 0.05) is 18.3 Å². The third kappa shape index (κ3) is 6.07. The van der Waals surface area contributed by atoms with Gasteiger partial charge >= 0.3 is 5.97 Å². The molecule has 2 aromatic carbocycles. The summed E-state index contributed by atoms with van der Waals surface area (Å²) in [6.07, 6.45) is 1.45. The molecule has 0 fully saturated rings. The molecular formula is C20H15Cl2FN2O5. The third-order valence-corrected chi connectivity index (χ3v) is 4.24. The number of carbonyl (C=O) groups is 2. The number of aromatic carboxylic acids is 1. The highest BCUT2D eigenvalue weighted by molar-refractivity contribution is 6.42. The number of carboxylic acid groups (broad SMARTS) is 1. The van der Waals surface area contributed by atoms with Crippen LogP contribution < -0.4 is 15.2 Å². The van der Waals surface area contributed by atoms with Crippen LogP contribution in [0.3, 0.4) is 0 Å². The SMILES string of the molecule is COc1cc(F)ccc1Oc1cc(Cl)c(Cl)cc1C(N)=O.O=C(O)c1ccccn1. The van der Waals surface area contributed by atoms with Crippen molar-refractivity contribution in [3.8, 4) is 17.2 Å². The van der Waals surface area contributed by atoms with E-state index >= 15 is 0 Å². The summed E-state index contributed by atoms with van der Waals surface area (Å²) >= 11 is 11.7. The lowest BCUT2D eigenvalue weighted by molar-refractivity contribution is 0.0690. The monoisotopic (exact) mass is 452 g/mol. The lowest BCUT2D eigenvalue weighted by atomic mass is 10.2. The minimum atomic E-state index is -0.990. The van der Waals surface area contributed by atoms with E-state index in [0.29, 0.717) is 0 Å². The summed E-state index contributed by atoms with van der Waals surface area (Å²) in [6, 6.07) is 11.1. The number of nitrogens with zero attached hydrogens (tertiary/aromatic N) is 1. The molecule has 156 valence electrons. The van der Waals surface area contributed by atoms with Gasteiger partial charge in [-0.3, -0.25) is 4.79 Å². The molecule has 0 aliphatic heterocycles. The van der Waals surface area contributed by atoms with Crippen molar-refractivity contribution < 1.29 is 28.6 Å². The third-order valence-electron chi connectivity index (χ3n) is 3.52. The second-order valence-corrected chi connectivity index (χ2v) is 6.36. The Balaban J connectivity index is 0.000000297. The summed E-state index contributed by atoms with van der Waals surface area (Å²) in [5, 5.41) is 8.68. The number of primary amides is 1. The van der Waals surface area contributed by atoms with Gasteiger partial charge in [0.2, 0.25) is 0 Å². The van der Waals surface area contributed by atoms with Crippen LogP contribution in [-0.2, 0) is 0 Å². The van der Waals surface area contributed by atoms with Crippen LogP contribution in [0.1, 0.15) is 20.8 Å². The van der Waals surface area contributed by atoms with Gasteiger partial charge in [0.05, 0.1) is 22.7 Å². The summed E-state index contributed by atoms with van der Waals surface area (Å²) in [6.45, 7) is 0. The maximum Gasteiger partial charge on any atom is 0.354 e. The molecule has 3 N–H and O–H groups in total. The lowest BCUT2D eigenvalue weighted by Gasteiger charge is -2.13. The second kappa shape index (κ2) is 10.4. The van der Waals surface area contributed by atoms with Crippen LogP contribution in [0.15, 0.2) is 54.7 Å². The molecule has 3 aromatic rings. The van der Waals surface area contributed by atoms with Crippen LogP contribution in [0.25, 0.3) is 0 Å². The Labute approximate surface area is 180 Å². The number of carboxylic acids is 1. The Morgan fingerprint density at radius 1 is 1.03 bits per heavy atom. The average Bonchev–Trinajstić information content (AvgIpc) is 2.72. The maximum absolute atomic E-state index is 13.1. The molecule has 0 aliphatic carbocycles. The molecule has 0 bridgehead atoms. The number of hydrogen-bond acceptors (Lipinski definition) is 5. The quantitative estimate of drug-likeness (QED) is 0.574. The van der Waals surface area contributed by atoms with E-state index in [4.69, 9.17) is 43.5 Å². The molecule has 1 aromatic heterocycles. The zero-order chi connectivity index (χ0) is 22.3. The van der Waals surface area contributed by atoms with Crippen LogP contribution in [0.5, 0.6) is 17.2 Å². The van der Waals surface area contributed by atoms with Gasteiger partial charge in [0.15, 0.2) is 11.5 Å². The fraction of sp³-hybridized carbons (Fsp3) is 0.0500. The van der Waals surface area contributed by atoms with E-state index in [-0.39, 0.29) is 38.6 Å². The van der Waals surface area contributed by atoms with E-state index in [1.165, 1.54) is 43.6 Å². The molecule has 0 radical (unpaired) electrons. The van der Waals surface area contributed by atoms with Crippen LogP contribution in [0, 0.1) is 5.82 Å². The molecule has 0 spiro atoms. The van der Waals surface area contributed by atoms with Crippen molar-refractivity contribution in [2.24, 2.45) is 5.73 Å². The standard InChI is InChI=1S/C14H10Cl2FNO3.C6H5NO2/c1-20-13-4-7(17)2-3-11(13)21-12-6-10(16)9(15)5-8(12)14(18)19;8-6(9)5-3-1-2-4-7-5/h2-6H,1H3,(H2,18,19);1-4H,(H,8,9). The Kier molecular flexibility index (Phi) is 7.97. The summed E-state index contributed by atoms with van der Waals surface area (Å²) in [7, 11) is 1.37. The summed E-state index contributed by atoms with van der Waals surface area (Å²) < 4.78 is 23.7. The van der Waals surface area contributed by atoms with Gasteiger partial charge in [0.1, 0.15) is 17.3 Å². The first-order valence-electron chi connectivity index (χ1n) is 8.17. The average molecular weight is 453 g/mol. The highest BCUT2D eigenvalue weighted by atomic mass is 35.5. The Morgan fingerprint density at radius 3 is 2.27 bits per heavy atom. The maximum atomic E-state index is 13.1. The van der Waals surface area contributed by atoms with Crippen LogP contribution in [0.2, 0.25) is 10.0 Å². The highest BCUT2D eigenvalue weighted by Crippen LogP contribution is 2.37. The number of carbonyl (C=O) groups excluding carboxylic acids is 1. The van der Waals surface area contributed by atoms with Crippen molar-refractivity contribution in [2.45, 2.75) is 0 Å². The molecule has 0 saturated carbocycles. The van der Waals surface area contributed by atoms with Crippen molar-refractivity contribution in [1.29, 1.82) is 0 Å². The molecule has 10 heteroatoms. The number of aromatic nitrogens is 1. The van der Waals surface area contributed by atoms with Crippen LogP contribution >= 0.6 is 23.2 Å². The number of nitrogens with two attached hydrogens (primary N) is 1. The van der Waals surface area contributed by atoms with E-state index in [2.05, 4.69) is 4.98 Å². The van der Waals surface area contributed by atoms with Crippen molar-refractivity contribution in [3.05, 3.63) is 81.8 Å². The van der Waals surface area contributed by atoms with E-state index in [1.54, 1.807) is 12.1 Å². The number of benzene rings is 2. The molecule has 0 unspecified atom stereocenters. The van der Waals surface area contributed by atoms with Gasteiger partial charge in [-0.1, -0.05) is 29.3 Å². The Bertz CT molecular complexity index is 1060. The van der Waals surface area contributed by atoms with E-state index < -0.39 is 17.7 Å². The second-order valence-electron chi connectivity index (χ2n) is 5.54. The topological polar surface area (TPSA) is 112 Å². The normalized spacial score (nSPS) is 9.87. The largest absolute Gasteiger partial charge is 0.493 e. The van der Waals surface area contributed by atoms with Gasteiger partial charge in [-0.2, -0.15) is 0 Å². The molecule has 1 heterocycles. The van der Waals surface area contributed by atoms with Crippen LogP contribution in [-0.4, -0.2) is 29.1 Å². The van der Waals surface area contributed by atoms with Gasteiger partial charge in [0.25, 0.3) is 5.91 Å². The predicted octanol–water partition coefficient (Wildman–Crippen LogP) is 4.81. The van der Waals surface area contributed by atoms with Gasteiger partial charge in [-0.15, -0.1) is 0 Å². The first-order chi connectivity index (χ1) is 14.2. The molecule has 0 saturated heterocycles. The van der Waals surface area contributed by atoms with Crippen molar-refractivity contribution >= 4 is 35.1 Å². The van der Waals surface area contributed by atoms with E-state index in [9.17, 15) is 14.0 Å². The number of halogens is 3. The van der Waals surface area contributed by atoms with Crippen molar-refractivity contribution in [2.75, 3.05) is 7.11 Å². The Hall–Kier alpha value is -3.36. The van der Waals surface area contributed by atoms with Crippen molar-refractivity contribution in [3.63, 3.8) is 0 Å². The highest BCUT2D eigenvalue weighted by Gasteiger charge is 2.16. The first-order valence-corrected chi connectivity index (χ1v) is 8.93. The van der Waals surface area contributed by atoms with Gasteiger partial charge in [-0.25, -0.2) is 14.2 Å². The minimum Gasteiger partial charge on any atom is -0.493 e.